The first-order chi connectivity index (χ1) is 14.6. The van der Waals surface area contributed by atoms with Crippen LogP contribution < -0.4 is 0 Å². The van der Waals surface area contributed by atoms with Gasteiger partial charge in [-0.05, 0) is 18.1 Å². The van der Waals surface area contributed by atoms with Crippen LogP contribution >= 0.6 is 0 Å². The van der Waals surface area contributed by atoms with Gasteiger partial charge in [0.25, 0.3) is 0 Å². The molecular formula is C23H25N3O4. The summed E-state index contributed by atoms with van der Waals surface area (Å²) in [5, 5.41) is 19.1. The predicted molar refractivity (Wildman–Crippen MR) is 109 cm³/mol. The van der Waals surface area contributed by atoms with Gasteiger partial charge >= 0.3 is 0 Å². The molecule has 0 radical (unpaired) electrons. The molecule has 2 heterocycles. The first-order valence-corrected chi connectivity index (χ1v) is 10.0. The van der Waals surface area contributed by atoms with E-state index >= 15 is 0 Å². The van der Waals surface area contributed by atoms with Crippen molar-refractivity contribution in [3.63, 3.8) is 0 Å². The average Bonchev–Trinajstić information content (AvgIpc) is 3.25. The van der Waals surface area contributed by atoms with Crippen LogP contribution in [-0.2, 0) is 27.5 Å². The van der Waals surface area contributed by atoms with E-state index in [2.05, 4.69) is 10.3 Å². The molecule has 4 rings (SSSR count). The molecule has 0 bridgehead atoms. The average molecular weight is 407 g/mol. The molecule has 0 spiro atoms. The summed E-state index contributed by atoms with van der Waals surface area (Å²) >= 11 is 0. The van der Waals surface area contributed by atoms with Gasteiger partial charge < -0.3 is 14.6 Å². The Balaban J connectivity index is 1.61. The minimum Gasteiger partial charge on any atom is -0.384 e. The number of hydrogen-bond acceptors (Lipinski definition) is 6. The molecule has 1 aromatic heterocycles. The molecule has 7 nitrogen and oxygen atoms in total. The van der Waals surface area contributed by atoms with Gasteiger partial charge in [-0.25, -0.2) is 4.68 Å². The zero-order valence-electron chi connectivity index (χ0n) is 16.8. The minimum atomic E-state index is -0.965. The number of nitrogens with zero attached hydrogens (tertiary/aromatic N) is 3. The lowest BCUT2D eigenvalue weighted by molar-refractivity contribution is -0.167. The Hall–Kier alpha value is -2.87. The summed E-state index contributed by atoms with van der Waals surface area (Å²) < 4.78 is 14.0. The summed E-state index contributed by atoms with van der Waals surface area (Å²) in [6, 6.07) is 19.1. The first-order valence-electron chi connectivity index (χ1n) is 10.0. The molecule has 0 saturated heterocycles. The number of fused-ring (bicyclic) bond motifs is 1. The fourth-order valence-electron chi connectivity index (χ4n) is 3.85. The second-order valence-corrected chi connectivity index (χ2v) is 7.54. The number of ether oxygens (including phenoxy) is 2. The van der Waals surface area contributed by atoms with Crippen LogP contribution in [0.5, 0.6) is 0 Å². The topological polar surface area (TPSA) is 86.5 Å². The Kier molecular flexibility index (Phi) is 6.32. The van der Waals surface area contributed by atoms with Gasteiger partial charge in [-0.2, -0.15) is 0 Å². The highest BCUT2D eigenvalue weighted by atomic mass is 16.5. The number of hydrogen-bond donors (Lipinski definition) is 1. The molecule has 0 saturated carbocycles. The lowest BCUT2D eigenvalue weighted by Crippen LogP contribution is -2.48. The smallest absolute Gasteiger partial charge is 0.132 e. The van der Waals surface area contributed by atoms with Crippen molar-refractivity contribution in [2.45, 2.75) is 50.9 Å². The van der Waals surface area contributed by atoms with Gasteiger partial charge in [-0.3, -0.25) is 4.79 Å². The van der Waals surface area contributed by atoms with E-state index < -0.39 is 24.4 Å². The van der Waals surface area contributed by atoms with Crippen molar-refractivity contribution in [1.29, 1.82) is 0 Å². The highest BCUT2D eigenvalue weighted by Gasteiger charge is 2.45. The number of aromatic nitrogens is 3. The van der Waals surface area contributed by atoms with Gasteiger partial charge in [0.15, 0.2) is 0 Å². The molecule has 30 heavy (non-hydrogen) atoms. The van der Waals surface area contributed by atoms with E-state index in [0.29, 0.717) is 18.9 Å². The number of rotatable bonds is 8. The van der Waals surface area contributed by atoms with Crippen molar-refractivity contribution in [3.05, 3.63) is 83.7 Å². The Bertz CT molecular complexity index is 961. The third-order valence-electron chi connectivity index (χ3n) is 5.30. The van der Waals surface area contributed by atoms with Gasteiger partial charge in [0.1, 0.15) is 24.1 Å². The predicted octanol–water partition coefficient (Wildman–Crippen LogP) is 3.02. The summed E-state index contributed by atoms with van der Waals surface area (Å²) in [5.74, 6) is 0.00737. The summed E-state index contributed by atoms with van der Waals surface area (Å²) in [6.45, 7) is 2.19. The lowest BCUT2D eigenvalue weighted by atomic mass is 9.91. The molecule has 1 aliphatic rings. The minimum absolute atomic E-state index is 0.00737. The number of carbonyl (C=O) groups is 1. The number of ketones is 1. The maximum Gasteiger partial charge on any atom is 0.132 e. The molecule has 0 amide bonds. The van der Waals surface area contributed by atoms with Gasteiger partial charge in [-0.1, -0.05) is 65.9 Å². The van der Waals surface area contributed by atoms with Crippen LogP contribution in [0.4, 0.5) is 0 Å². The highest BCUT2D eigenvalue weighted by molar-refractivity contribution is 5.76. The zero-order chi connectivity index (χ0) is 20.9. The van der Waals surface area contributed by atoms with Crippen molar-refractivity contribution in [2.24, 2.45) is 0 Å². The summed E-state index contributed by atoms with van der Waals surface area (Å²) in [6.07, 6.45) is -0.461. The number of aliphatic hydroxyl groups excluding tert-OH is 1. The van der Waals surface area contributed by atoms with Crippen molar-refractivity contribution < 1.29 is 19.4 Å². The summed E-state index contributed by atoms with van der Waals surface area (Å²) in [7, 11) is 0. The van der Waals surface area contributed by atoms with E-state index in [9.17, 15) is 9.90 Å². The molecule has 7 heteroatoms. The highest BCUT2D eigenvalue weighted by Crippen LogP contribution is 2.37. The summed E-state index contributed by atoms with van der Waals surface area (Å²) in [5.41, 5.74) is 2.52. The largest absolute Gasteiger partial charge is 0.384 e. The SMILES string of the molecule is CC(=O)C[C@@H]1[C@H](OCc2ccccc2)[C@@H](OCc2ccccc2)[C@@H](O)c2cnnn21. The maximum absolute atomic E-state index is 12.0. The van der Waals surface area contributed by atoms with Crippen molar-refractivity contribution in [1.82, 2.24) is 15.0 Å². The third-order valence-corrected chi connectivity index (χ3v) is 5.30. The molecule has 1 N–H and O–H groups in total. The van der Waals surface area contributed by atoms with Crippen molar-refractivity contribution in [2.75, 3.05) is 0 Å². The number of benzene rings is 2. The van der Waals surface area contributed by atoms with Crippen molar-refractivity contribution >= 4 is 5.78 Å². The fourth-order valence-corrected chi connectivity index (χ4v) is 3.85. The van der Waals surface area contributed by atoms with E-state index in [0.717, 1.165) is 11.1 Å². The van der Waals surface area contributed by atoms with Gasteiger partial charge in [0.05, 0.1) is 31.1 Å². The van der Waals surface area contributed by atoms with Gasteiger partial charge in [-0.15, -0.1) is 5.10 Å². The Morgan fingerprint density at radius 2 is 1.53 bits per heavy atom. The standard InChI is InChI=1S/C23H25N3O4/c1-16(27)12-19-22(29-14-17-8-4-2-5-9-17)23(21(28)20-13-24-25-26(19)20)30-15-18-10-6-3-7-11-18/h2-11,13,19,21-23,28H,12,14-15H2,1H3/t19-,21+,22+,23+/m1/s1. The van der Waals surface area contributed by atoms with Crippen LogP contribution in [0.3, 0.4) is 0 Å². The second-order valence-electron chi connectivity index (χ2n) is 7.54. The Morgan fingerprint density at radius 3 is 2.10 bits per heavy atom. The molecule has 1 aliphatic heterocycles. The number of aliphatic hydroxyl groups is 1. The molecule has 156 valence electrons. The fraction of sp³-hybridized carbons (Fsp3) is 0.348. The van der Waals surface area contributed by atoms with Crippen molar-refractivity contribution in [3.8, 4) is 0 Å². The molecule has 4 atom stereocenters. The van der Waals surface area contributed by atoms with E-state index in [4.69, 9.17) is 9.47 Å². The van der Waals surface area contributed by atoms with E-state index in [1.165, 1.54) is 13.1 Å². The van der Waals surface area contributed by atoms with Crippen LogP contribution in [0, 0.1) is 0 Å². The van der Waals surface area contributed by atoms with E-state index in [1.807, 2.05) is 60.7 Å². The van der Waals surface area contributed by atoms with Crippen LogP contribution in [0.2, 0.25) is 0 Å². The Morgan fingerprint density at radius 1 is 0.967 bits per heavy atom. The van der Waals surface area contributed by atoms with Crippen LogP contribution in [0.15, 0.2) is 66.9 Å². The molecule has 0 fully saturated rings. The number of carbonyl (C=O) groups excluding carboxylic acids is 1. The molecular weight excluding hydrogens is 382 g/mol. The number of Topliss-reactive ketones (excluding diaryl/α,β-unsaturated/α-hetero) is 1. The van der Waals surface area contributed by atoms with Gasteiger partial charge in [0.2, 0.25) is 0 Å². The van der Waals surface area contributed by atoms with Crippen LogP contribution in [-0.4, -0.2) is 38.1 Å². The molecule has 2 aromatic carbocycles. The normalized spacial score (nSPS) is 23.1. The monoisotopic (exact) mass is 407 g/mol. The molecule has 0 aliphatic carbocycles. The lowest BCUT2D eigenvalue weighted by Gasteiger charge is -2.40. The zero-order valence-corrected chi connectivity index (χ0v) is 16.8. The second kappa shape index (κ2) is 9.30. The Labute approximate surface area is 175 Å². The van der Waals surface area contributed by atoms with Crippen LogP contribution in [0.25, 0.3) is 0 Å². The van der Waals surface area contributed by atoms with Gasteiger partial charge in [0, 0.05) is 6.42 Å². The third kappa shape index (κ3) is 4.48. The quantitative estimate of drug-likeness (QED) is 0.618. The van der Waals surface area contributed by atoms with E-state index in [-0.39, 0.29) is 12.2 Å². The summed E-state index contributed by atoms with van der Waals surface area (Å²) in [4.78, 5) is 12.0. The van der Waals surface area contributed by atoms with E-state index in [1.54, 1.807) is 4.68 Å². The first kappa shape index (κ1) is 20.4. The maximum atomic E-state index is 12.0. The molecule has 0 unspecified atom stereocenters. The van der Waals surface area contributed by atoms with Crippen LogP contribution in [0.1, 0.15) is 42.3 Å². The molecule has 3 aromatic rings.